The minimum atomic E-state index is 0.651. The summed E-state index contributed by atoms with van der Waals surface area (Å²) in [5, 5.41) is 9.86. The Morgan fingerprint density at radius 1 is 0.283 bits per heavy atom. The Labute approximate surface area is 266 Å². The summed E-state index contributed by atoms with van der Waals surface area (Å²) in [6, 6.07) is 57.6. The fraction of sp³-hybridized carbons (Fsp3) is 0. The van der Waals surface area contributed by atoms with E-state index >= 15 is 0 Å². The summed E-state index contributed by atoms with van der Waals surface area (Å²) in [5.41, 5.74) is 5.23. The van der Waals surface area contributed by atoms with Crippen molar-refractivity contribution >= 4 is 43.1 Å². The van der Waals surface area contributed by atoms with Crippen LogP contribution >= 0.6 is 0 Å². The molecule has 0 radical (unpaired) electrons. The van der Waals surface area contributed by atoms with E-state index in [4.69, 9.17) is 15.0 Å². The molecule has 1 aromatic heterocycles. The SMILES string of the molecule is c1ccc(-c2nc(-c3ccc(-c4cccc5ccccc45)cc3)nc(-c3ccc4c(ccc5ccc6ccccc6c54)c3)n2)cc1. The lowest BCUT2D eigenvalue weighted by Crippen LogP contribution is -2.00. The maximum Gasteiger partial charge on any atom is 0.164 e. The monoisotopic (exact) mass is 585 g/mol. The second-order valence-electron chi connectivity index (χ2n) is 11.7. The van der Waals surface area contributed by atoms with Crippen LogP contribution in [0, 0.1) is 0 Å². The van der Waals surface area contributed by atoms with Crippen LogP contribution in [0.15, 0.2) is 164 Å². The third-order valence-electron chi connectivity index (χ3n) is 8.89. The first kappa shape index (κ1) is 26.2. The molecule has 9 rings (SSSR count). The molecule has 0 spiro atoms. The lowest BCUT2D eigenvalue weighted by atomic mass is 9.95. The summed E-state index contributed by atoms with van der Waals surface area (Å²) < 4.78 is 0. The summed E-state index contributed by atoms with van der Waals surface area (Å²) in [7, 11) is 0. The molecule has 0 saturated carbocycles. The van der Waals surface area contributed by atoms with Crippen molar-refractivity contribution in [2.24, 2.45) is 0 Å². The first-order valence-electron chi connectivity index (χ1n) is 15.5. The third-order valence-corrected chi connectivity index (χ3v) is 8.89. The molecular formula is C43H27N3. The molecule has 1 heterocycles. The lowest BCUT2D eigenvalue weighted by Gasteiger charge is -2.11. The van der Waals surface area contributed by atoms with Crippen LogP contribution in [-0.4, -0.2) is 15.0 Å². The number of hydrogen-bond acceptors (Lipinski definition) is 3. The van der Waals surface area contributed by atoms with Crippen molar-refractivity contribution in [1.29, 1.82) is 0 Å². The van der Waals surface area contributed by atoms with E-state index in [0.717, 1.165) is 27.6 Å². The Balaban J connectivity index is 1.18. The number of benzene rings is 8. The quantitative estimate of drug-likeness (QED) is 0.193. The molecule has 46 heavy (non-hydrogen) atoms. The van der Waals surface area contributed by atoms with E-state index in [9.17, 15) is 0 Å². The maximum atomic E-state index is 5.05. The van der Waals surface area contributed by atoms with Crippen molar-refractivity contribution in [3.63, 3.8) is 0 Å². The van der Waals surface area contributed by atoms with Crippen molar-refractivity contribution in [2.75, 3.05) is 0 Å². The van der Waals surface area contributed by atoms with Crippen LogP contribution in [0.25, 0.3) is 88.4 Å². The summed E-state index contributed by atoms with van der Waals surface area (Å²) in [6.45, 7) is 0. The molecule has 0 amide bonds. The van der Waals surface area contributed by atoms with Gasteiger partial charge in [-0.3, -0.25) is 0 Å². The highest BCUT2D eigenvalue weighted by atomic mass is 15.0. The van der Waals surface area contributed by atoms with E-state index in [1.165, 1.54) is 43.3 Å². The van der Waals surface area contributed by atoms with Crippen molar-refractivity contribution < 1.29 is 0 Å². The van der Waals surface area contributed by atoms with Gasteiger partial charge in [0.15, 0.2) is 17.5 Å². The Morgan fingerprint density at radius 3 is 1.54 bits per heavy atom. The summed E-state index contributed by atoms with van der Waals surface area (Å²) in [4.78, 5) is 15.0. The summed E-state index contributed by atoms with van der Waals surface area (Å²) >= 11 is 0. The molecule has 0 saturated heterocycles. The maximum absolute atomic E-state index is 5.05. The van der Waals surface area contributed by atoms with E-state index in [0.29, 0.717) is 17.5 Å². The molecule has 214 valence electrons. The summed E-state index contributed by atoms with van der Waals surface area (Å²) in [6.07, 6.45) is 0. The second-order valence-corrected chi connectivity index (χ2v) is 11.7. The molecule has 3 nitrogen and oxygen atoms in total. The van der Waals surface area contributed by atoms with Crippen molar-refractivity contribution in [3.8, 4) is 45.3 Å². The molecule has 0 N–H and O–H groups in total. The van der Waals surface area contributed by atoms with Crippen LogP contribution in [0.2, 0.25) is 0 Å². The normalized spacial score (nSPS) is 11.5. The second kappa shape index (κ2) is 10.8. The molecule has 0 aliphatic carbocycles. The zero-order chi connectivity index (χ0) is 30.5. The van der Waals surface area contributed by atoms with Crippen LogP contribution in [0.4, 0.5) is 0 Å². The molecule has 0 unspecified atom stereocenters. The fourth-order valence-corrected chi connectivity index (χ4v) is 6.60. The predicted octanol–water partition coefficient (Wildman–Crippen LogP) is 11.2. The molecule has 0 bridgehead atoms. The minimum Gasteiger partial charge on any atom is -0.208 e. The first-order valence-corrected chi connectivity index (χ1v) is 15.5. The standard InChI is InChI=1S/C43H27N3/c1-2-11-32(12-3-1)41-44-42(33-22-18-30(19-23-33)37-16-8-13-28-9-4-6-14-36(28)37)46-43(45-41)35-25-26-39-34(27-35)24-21-31-20-17-29-10-5-7-15-38(29)40(31)39/h1-27H. The Bertz CT molecular complexity index is 2570. The van der Waals surface area contributed by atoms with Crippen LogP contribution < -0.4 is 0 Å². The van der Waals surface area contributed by atoms with Crippen molar-refractivity contribution in [1.82, 2.24) is 15.0 Å². The molecule has 9 aromatic rings. The number of fused-ring (bicyclic) bond motifs is 6. The molecular weight excluding hydrogens is 558 g/mol. The smallest absolute Gasteiger partial charge is 0.164 e. The average Bonchev–Trinajstić information content (AvgIpc) is 3.14. The predicted molar refractivity (Wildman–Crippen MR) is 192 cm³/mol. The number of rotatable bonds is 4. The molecule has 0 aliphatic rings. The number of aromatic nitrogens is 3. The van der Waals surface area contributed by atoms with Gasteiger partial charge in [0.05, 0.1) is 0 Å². The van der Waals surface area contributed by atoms with Gasteiger partial charge in [0.25, 0.3) is 0 Å². The van der Waals surface area contributed by atoms with Gasteiger partial charge in [-0.15, -0.1) is 0 Å². The van der Waals surface area contributed by atoms with Crippen molar-refractivity contribution in [2.45, 2.75) is 0 Å². The zero-order valence-electron chi connectivity index (χ0n) is 24.9. The topological polar surface area (TPSA) is 38.7 Å². The molecule has 3 heteroatoms. The molecule has 8 aromatic carbocycles. The highest BCUT2D eigenvalue weighted by molar-refractivity contribution is 6.20. The van der Waals surface area contributed by atoms with Gasteiger partial charge in [0, 0.05) is 16.7 Å². The lowest BCUT2D eigenvalue weighted by molar-refractivity contribution is 1.07. The van der Waals surface area contributed by atoms with E-state index in [-0.39, 0.29) is 0 Å². The van der Waals surface area contributed by atoms with Gasteiger partial charge in [-0.1, -0.05) is 158 Å². The van der Waals surface area contributed by atoms with Crippen LogP contribution in [0.3, 0.4) is 0 Å². The number of hydrogen-bond donors (Lipinski definition) is 0. The Kier molecular flexibility index (Phi) is 6.14. The first-order chi connectivity index (χ1) is 22.8. The van der Waals surface area contributed by atoms with E-state index < -0.39 is 0 Å². The van der Waals surface area contributed by atoms with E-state index in [1.54, 1.807) is 0 Å². The third kappa shape index (κ3) is 4.49. The van der Waals surface area contributed by atoms with Crippen molar-refractivity contribution in [3.05, 3.63) is 164 Å². The Hall–Kier alpha value is -6.19. The highest BCUT2D eigenvalue weighted by Crippen LogP contribution is 2.35. The minimum absolute atomic E-state index is 0.651. The largest absolute Gasteiger partial charge is 0.208 e. The van der Waals surface area contributed by atoms with Gasteiger partial charge in [0.1, 0.15) is 0 Å². The van der Waals surface area contributed by atoms with Crippen LogP contribution in [0.5, 0.6) is 0 Å². The zero-order valence-corrected chi connectivity index (χ0v) is 24.9. The van der Waals surface area contributed by atoms with Crippen LogP contribution in [-0.2, 0) is 0 Å². The number of nitrogens with zero attached hydrogens (tertiary/aromatic N) is 3. The molecule has 0 atom stereocenters. The molecule has 0 aliphatic heterocycles. The van der Waals surface area contributed by atoms with Gasteiger partial charge >= 0.3 is 0 Å². The highest BCUT2D eigenvalue weighted by Gasteiger charge is 2.14. The fourth-order valence-electron chi connectivity index (χ4n) is 6.60. The van der Waals surface area contributed by atoms with Gasteiger partial charge in [0.2, 0.25) is 0 Å². The Morgan fingerprint density at radius 2 is 0.783 bits per heavy atom. The van der Waals surface area contributed by atoms with E-state index in [2.05, 4.69) is 133 Å². The van der Waals surface area contributed by atoms with Crippen LogP contribution in [0.1, 0.15) is 0 Å². The van der Waals surface area contributed by atoms with Gasteiger partial charge < -0.3 is 0 Å². The van der Waals surface area contributed by atoms with Gasteiger partial charge in [-0.2, -0.15) is 0 Å². The van der Waals surface area contributed by atoms with E-state index in [1.807, 2.05) is 30.3 Å². The van der Waals surface area contributed by atoms with Gasteiger partial charge in [-0.25, -0.2) is 15.0 Å². The average molecular weight is 586 g/mol. The van der Waals surface area contributed by atoms with Gasteiger partial charge in [-0.05, 0) is 60.3 Å². The summed E-state index contributed by atoms with van der Waals surface area (Å²) in [5.74, 6) is 1.96. The molecule has 0 fully saturated rings.